The minimum absolute atomic E-state index is 0.0273. The number of aliphatic hydroxyl groups is 1. The Morgan fingerprint density at radius 3 is 2.74 bits per heavy atom. The molecule has 1 amide bonds. The Kier molecular flexibility index (Phi) is 3.89. The van der Waals surface area contributed by atoms with Crippen LogP contribution in [-0.2, 0) is 4.79 Å². The predicted molar refractivity (Wildman–Crippen MR) is 83.6 cm³/mol. The van der Waals surface area contributed by atoms with Gasteiger partial charge in [0.05, 0.1) is 17.0 Å². The standard InChI is InChI=1S/C15H14BrFN2O4/c16-10-1-8(17)2-11-9(10)3-12(19-11)13(20)18-6-15(23)4-7(5-15)14(21)22/h1-3,7,19,23H,4-6H2,(H,18,20)(H,21,22). The lowest BCUT2D eigenvalue weighted by atomic mass is 9.71. The van der Waals surface area contributed by atoms with Crippen LogP contribution in [0.5, 0.6) is 0 Å². The molecule has 2 aromatic rings. The summed E-state index contributed by atoms with van der Waals surface area (Å²) in [5.41, 5.74) is -0.462. The summed E-state index contributed by atoms with van der Waals surface area (Å²) >= 11 is 3.23. The van der Waals surface area contributed by atoms with Crippen molar-refractivity contribution < 1.29 is 24.2 Å². The monoisotopic (exact) mass is 384 g/mol. The van der Waals surface area contributed by atoms with Crippen LogP contribution in [0.25, 0.3) is 10.9 Å². The number of hydrogen-bond acceptors (Lipinski definition) is 3. The first kappa shape index (κ1) is 15.9. The second-order valence-electron chi connectivity index (χ2n) is 5.88. The fourth-order valence-corrected chi connectivity index (χ4v) is 3.35. The number of benzene rings is 1. The maximum absolute atomic E-state index is 13.3. The van der Waals surface area contributed by atoms with Gasteiger partial charge in [-0.2, -0.15) is 0 Å². The molecule has 1 heterocycles. The van der Waals surface area contributed by atoms with Crippen molar-refractivity contribution in [1.82, 2.24) is 10.3 Å². The number of halogens is 2. The van der Waals surface area contributed by atoms with Crippen molar-refractivity contribution in [3.63, 3.8) is 0 Å². The van der Waals surface area contributed by atoms with E-state index >= 15 is 0 Å². The van der Waals surface area contributed by atoms with Crippen molar-refractivity contribution >= 4 is 38.7 Å². The molecule has 3 rings (SSSR count). The zero-order valence-electron chi connectivity index (χ0n) is 11.9. The van der Waals surface area contributed by atoms with Crippen molar-refractivity contribution in [2.75, 3.05) is 6.54 Å². The van der Waals surface area contributed by atoms with Gasteiger partial charge in [-0.3, -0.25) is 9.59 Å². The summed E-state index contributed by atoms with van der Waals surface area (Å²) in [4.78, 5) is 25.7. The minimum atomic E-state index is -1.18. The van der Waals surface area contributed by atoms with Crippen molar-refractivity contribution in [1.29, 1.82) is 0 Å². The smallest absolute Gasteiger partial charge is 0.306 e. The number of carbonyl (C=O) groups excluding carboxylic acids is 1. The van der Waals surface area contributed by atoms with E-state index in [1.807, 2.05) is 0 Å². The quantitative estimate of drug-likeness (QED) is 0.647. The number of fused-ring (bicyclic) bond motifs is 1. The number of rotatable bonds is 4. The molecule has 0 unspecified atom stereocenters. The molecule has 1 aliphatic rings. The van der Waals surface area contributed by atoms with E-state index in [0.717, 1.165) is 0 Å². The molecule has 8 heteroatoms. The Labute approximate surface area is 138 Å². The molecule has 0 atom stereocenters. The van der Waals surface area contributed by atoms with Gasteiger partial charge in [0, 0.05) is 16.4 Å². The van der Waals surface area contributed by atoms with E-state index in [0.29, 0.717) is 15.4 Å². The highest BCUT2D eigenvalue weighted by atomic mass is 79.9. The number of aliphatic carboxylic acids is 1. The molecular weight excluding hydrogens is 371 g/mol. The van der Waals surface area contributed by atoms with Gasteiger partial charge in [0.2, 0.25) is 0 Å². The molecule has 1 fully saturated rings. The maximum Gasteiger partial charge on any atom is 0.306 e. The molecule has 1 aliphatic carbocycles. The summed E-state index contributed by atoms with van der Waals surface area (Å²) in [6.07, 6.45) is 0.234. The Hall–Kier alpha value is -1.93. The van der Waals surface area contributed by atoms with Gasteiger partial charge in [-0.25, -0.2) is 4.39 Å². The summed E-state index contributed by atoms with van der Waals surface area (Å²) in [6.45, 7) is -0.0273. The molecule has 23 heavy (non-hydrogen) atoms. The van der Waals surface area contributed by atoms with Gasteiger partial charge >= 0.3 is 5.97 Å². The highest BCUT2D eigenvalue weighted by molar-refractivity contribution is 9.10. The number of carboxylic acids is 1. The van der Waals surface area contributed by atoms with Crippen molar-refractivity contribution in [2.24, 2.45) is 5.92 Å². The Morgan fingerprint density at radius 2 is 2.09 bits per heavy atom. The first-order valence-corrected chi connectivity index (χ1v) is 7.78. The van der Waals surface area contributed by atoms with Gasteiger partial charge in [0.15, 0.2) is 0 Å². The average Bonchev–Trinajstić information content (AvgIpc) is 2.85. The molecule has 0 aliphatic heterocycles. The Bertz CT molecular complexity index is 798. The van der Waals surface area contributed by atoms with Crippen molar-refractivity contribution in [3.8, 4) is 0 Å². The van der Waals surface area contributed by atoms with E-state index in [1.165, 1.54) is 12.1 Å². The summed E-state index contributed by atoms with van der Waals surface area (Å²) in [6, 6.07) is 4.17. The lowest BCUT2D eigenvalue weighted by Crippen LogP contribution is -2.54. The van der Waals surface area contributed by atoms with Gasteiger partial charge in [-0.1, -0.05) is 0 Å². The SMILES string of the molecule is O=C(NCC1(O)CC(C(=O)O)C1)c1cc2c(Br)cc(F)cc2[nH]1. The average molecular weight is 385 g/mol. The summed E-state index contributed by atoms with van der Waals surface area (Å²) in [5.74, 6) is -2.38. The number of aromatic amines is 1. The molecule has 4 N–H and O–H groups in total. The number of aromatic nitrogens is 1. The second-order valence-corrected chi connectivity index (χ2v) is 6.74. The molecule has 1 aromatic carbocycles. The summed E-state index contributed by atoms with van der Waals surface area (Å²) in [7, 11) is 0. The third-order valence-electron chi connectivity index (χ3n) is 4.08. The van der Waals surface area contributed by atoms with Crippen LogP contribution in [0.4, 0.5) is 4.39 Å². The predicted octanol–water partition coefficient (Wildman–Crippen LogP) is 2.02. The lowest BCUT2D eigenvalue weighted by molar-refractivity contribution is -0.157. The highest BCUT2D eigenvalue weighted by Crippen LogP contribution is 2.37. The molecule has 0 radical (unpaired) electrons. The highest BCUT2D eigenvalue weighted by Gasteiger charge is 2.46. The van der Waals surface area contributed by atoms with Gasteiger partial charge < -0.3 is 20.5 Å². The van der Waals surface area contributed by atoms with Crippen molar-refractivity contribution in [2.45, 2.75) is 18.4 Å². The maximum atomic E-state index is 13.3. The van der Waals surface area contributed by atoms with E-state index in [4.69, 9.17) is 5.11 Å². The molecule has 122 valence electrons. The van der Waals surface area contributed by atoms with Crippen LogP contribution >= 0.6 is 15.9 Å². The van der Waals surface area contributed by atoms with Crippen LogP contribution in [0.15, 0.2) is 22.7 Å². The third-order valence-corrected chi connectivity index (χ3v) is 4.73. The molecular formula is C15H14BrFN2O4. The summed E-state index contributed by atoms with van der Waals surface area (Å²) < 4.78 is 13.9. The first-order valence-electron chi connectivity index (χ1n) is 6.98. The summed E-state index contributed by atoms with van der Waals surface area (Å²) in [5, 5.41) is 22.2. The fraction of sp³-hybridized carbons (Fsp3) is 0.333. The second kappa shape index (κ2) is 5.61. The molecule has 0 spiro atoms. The van der Waals surface area contributed by atoms with E-state index < -0.39 is 29.2 Å². The number of amides is 1. The Morgan fingerprint density at radius 1 is 1.39 bits per heavy atom. The molecule has 1 saturated carbocycles. The van der Waals surface area contributed by atoms with Crippen LogP contribution in [0.3, 0.4) is 0 Å². The number of hydrogen-bond donors (Lipinski definition) is 4. The van der Waals surface area contributed by atoms with Gasteiger partial charge in [-0.05, 0) is 47.0 Å². The molecule has 1 aromatic heterocycles. The van der Waals surface area contributed by atoms with Crippen LogP contribution in [-0.4, -0.2) is 39.2 Å². The number of carbonyl (C=O) groups is 2. The third kappa shape index (κ3) is 3.09. The van der Waals surface area contributed by atoms with Crippen LogP contribution in [0.2, 0.25) is 0 Å². The number of H-pyrrole nitrogens is 1. The van der Waals surface area contributed by atoms with Gasteiger partial charge in [0.1, 0.15) is 11.5 Å². The fourth-order valence-electron chi connectivity index (χ4n) is 2.80. The van der Waals surface area contributed by atoms with Crippen molar-refractivity contribution in [3.05, 3.63) is 34.2 Å². The lowest BCUT2D eigenvalue weighted by Gasteiger charge is -2.41. The zero-order chi connectivity index (χ0) is 16.8. The largest absolute Gasteiger partial charge is 0.481 e. The topological polar surface area (TPSA) is 102 Å². The van der Waals surface area contributed by atoms with Crippen LogP contribution < -0.4 is 5.32 Å². The normalized spacial score (nSPS) is 23.5. The Balaban J connectivity index is 1.67. The van der Waals surface area contributed by atoms with Gasteiger partial charge in [0.25, 0.3) is 5.91 Å². The van der Waals surface area contributed by atoms with E-state index in [2.05, 4.69) is 26.2 Å². The van der Waals surface area contributed by atoms with Gasteiger partial charge in [-0.15, -0.1) is 0 Å². The van der Waals surface area contributed by atoms with E-state index in [1.54, 1.807) is 6.07 Å². The van der Waals surface area contributed by atoms with Crippen LogP contribution in [0, 0.1) is 11.7 Å². The first-order chi connectivity index (χ1) is 10.8. The van der Waals surface area contributed by atoms with Crippen LogP contribution in [0.1, 0.15) is 23.3 Å². The number of nitrogens with one attached hydrogen (secondary N) is 2. The molecule has 0 saturated heterocycles. The molecule has 0 bridgehead atoms. The zero-order valence-corrected chi connectivity index (χ0v) is 13.5. The minimum Gasteiger partial charge on any atom is -0.481 e. The van der Waals surface area contributed by atoms with E-state index in [-0.39, 0.29) is 25.1 Å². The van der Waals surface area contributed by atoms with E-state index in [9.17, 15) is 19.1 Å². The number of carboxylic acid groups (broad SMARTS) is 1. The molecule has 6 nitrogen and oxygen atoms in total.